The highest BCUT2D eigenvalue weighted by molar-refractivity contribution is 5.91. The zero-order valence-corrected chi connectivity index (χ0v) is 11.3. The second-order valence-electron chi connectivity index (χ2n) is 6.82. The molecule has 1 spiro atoms. The number of esters is 1. The lowest BCUT2D eigenvalue weighted by molar-refractivity contribution is -0.142. The standard InChI is InChI=1S/C15H20O3/c1-8-4-5-12-15(18-12)7-11-10(6-14(8,15)3)9(2)13(16)17-11/h8,11-12H,4-7H2,1-3H3/t8-,11+,12-,14+,15-/m0/s1. The molecule has 0 radical (unpaired) electrons. The van der Waals surface area contributed by atoms with Crippen LogP contribution in [-0.4, -0.2) is 23.8 Å². The average Bonchev–Trinajstić information content (AvgIpc) is 2.98. The molecule has 0 aromatic heterocycles. The highest BCUT2D eigenvalue weighted by Crippen LogP contribution is 2.68. The van der Waals surface area contributed by atoms with Crippen LogP contribution < -0.4 is 0 Å². The van der Waals surface area contributed by atoms with Gasteiger partial charge in [-0.25, -0.2) is 4.79 Å². The Balaban J connectivity index is 1.79. The van der Waals surface area contributed by atoms with Crippen LogP contribution in [0, 0.1) is 11.3 Å². The molecular formula is C15H20O3. The van der Waals surface area contributed by atoms with Gasteiger partial charge in [-0.15, -0.1) is 0 Å². The molecule has 5 atom stereocenters. The number of carbonyl (C=O) groups excluding carboxylic acids is 1. The Kier molecular flexibility index (Phi) is 1.84. The van der Waals surface area contributed by atoms with Gasteiger partial charge < -0.3 is 9.47 Å². The maximum atomic E-state index is 11.7. The van der Waals surface area contributed by atoms with Gasteiger partial charge in [0.2, 0.25) is 0 Å². The summed E-state index contributed by atoms with van der Waals surface area (Å²) in [5, 5.41) is 0. The molecule has 2 aliphatic heterocycles. The SMILES string of the molecule is CC1=C2C[C@]3(C)[C@@H](C)CC[C@@H]4O[C@@]43C[C@H]2OC1=O. The Morgan fingerprint density at radius 2 is 2.11 bits per heavy atom. The molecule has 18 heavy (non-hydrogen) atoms. The summed E-state index contributed by atoms with van der Waals surface area (Å²) in [6.45, 7) is 6.61. The first-order valence-electron chi connectivity index (χ1n) is 7.06. The van der Waals surface area contributed by atoms with Crippen LogP contribution in [0.1, 0.15) is 46.5 Å². The summed E-state index contributed by atoms with van der Waals surface area (Å²) in [4.78, 5) is 11.7. The summed E-state index contributed by atoms with van der Waals surface area (Å²) in [5.41, 5.74) is 2.29. The van der Waals surface area contributed by atoms with Crippen LogP contribution in [0.2, 0.25) is 0 Å². The molecule has 2 heterocycles. The van der Waals surface area contributed by atoms with Gasteiger partial charge in [0.25, 0.3) is 0 Å². The fourth-order valence-electron chi connectivity index (χ4n) is 4.63. The average molecular weight is 248 g/mol. The monoisotopic (exact) mass is 248 g/mol. The van der Waals surface area contributed by atoms with Crippen molar-refractivity contribution in [1.82, 2.24) is 0 Å². The quantitative estimate of drug-likeness (QED) is 0.488. The Bertz CT molecular complexity index is 480. The number of carbonyl (C=O) groups is 1. The van der Waals surface area contributed by atoms with Gasteiger partial charge in [0, 0.05) is 17.4 Å². The zero-order chi connectivity index (χ0) is 12.7. The molecule has 1 saturated heterocycles. The van der Waals surface area contributed by atoms with Crippen LogP contribution in [0.25, 0.3) is 0 Å². The van der Waals surface area contributed by atoms with Crippen molar-refractivity contribution in [2.45, 2.75) is 64.3 Å². The molecular weight excluding hydrogens is 228 g/mol. The second kappa shape index (κ2) is 3.01. The van der Waals surface area contributed by atoms with Gasteiger partial charge in [0.05, 0.1) is 6.10 Å². The molecule has 3 nitrogen and oxygen atoms in total. The number of ether oxygens (including phenoxy) is 2. The fourth-order valence-corrected chi connectivity index (χ4v) is 4.63. The summed E-state index contributed by atoms with van der Waals surface area (Å²) < 4.78 is 11.6. The summed E-state index contributed by atoms with van der Waals surface area (Å²) in [7, 11) is 0. The third-order valence-electron chi connectivity index (χ3n) is 6.20. The fraction of sp³-hybridized carbons (Fsp3) is 0.800. The van der Waals surface area contributed by atoms with Crippen molar-refractivity contribution >= 4 is 5.97 Å². The van der Waals surface area contributed by atoms with E-state index >= 15 is 0 Å². The lowest BCUT2D eigenvalue weighted by atomic mass is 9.54. The third-order valence-corrected chi connectivity index (χ3v) is 6.20. The third kappa shape index (κ3) is 1.04. The van der Waals surface area contributed by atoms with Crippen LogP contribution >= 0.6 is 0 Å². The van der Waals surface area contributed by atoms with Crippen LogP contribution in [-0.2, 0) is 14.3 Å². The topological polar surface area (TPSA) is 38.8 Å². The minimum absolute atomic E-state index is 0.000810. The molecule has 4 rings (SSSR count). The Labute approximate surface area is 108 Å². The molecule has 0 unspecified atom stereocenters. The lowest BCUT2D eigenvalue weighted by Gasteiger charge is -2.49. The highest BCUT2D eigenvalue weighted by atomic mass is 16.6. The molecule has 0 N–H and O–H groups in total. The Hall–Kier alpha value is -0.830. The molecule has 4 aliphatic rings. The van der Waals surface area contributed by atoms with E-state index in [9.17, 15) is 4.79 Å². The van der Waals surface area contributed by atoms with E-state index in [0.717, 1.165) is 18.4 Å². The van der Waals surface area contributed by atoms with E-state index in [1.807, 2.05) is 6.92 Å². The first-order valence-corrected chi connectivity index (χ1v) is 7.06. The number of fused-ring (bicyclic) bond motifs is 1. The predicted octanol–water partition coefficient (Wildman–Crippen LogP) is 2.60. The molecule has 0 aromatic rings. The van der Waals surface area contributed by atoms with E-state index < -0.39 is 0 Å². The van der Waals surface area contributed by atoms with Gasteiger partial charge in [-0.2, -0.15) is 0 Å². The maximum absolute atomic E-state index is 11.7. The van der Waals surface area contributed by atoms with Gasteiger partial charge in [0.1, 0.15) is 11.7 Å². The molecule has 98 valence electrons. The van der Waals surface area contributed by atoms with Crippen LogP contribution in [0.3, 0.4) is 0 Å². The molecule has 3 fully saturated rings. The Morgan fingerprint density at radius 1 is 1.33 bits per heavy atom. The molecule has 0 amide bonds. The van der Waals surface area contributed by atoms with Gasteiger partial charge >= 0.3 is 5.97 Å². The summed E-state index contributed by atoms with van der Waals surface area (Å²) >= 11 is 0. The van der Waals surface area contributed by atoms with Gasteiger partial charge in [-0.1, -0.05) is 13.8 Å². The maximum Gasteiger partial charge on any atom is 0.334 e. The van der Waals surface area contributed by atoms with E-state index in [2.05, 4.69) is 13.8 Å². The summed E-state index contributed by atoms with van der Waals surface area (Å²) in [6.07, 6.45) is 4.70. The minimum Gasteiger partial charge on any atom is -0.454 e. The second-order valence-corrected chi connectivity index (χ2v) is 6.82. The summed E-state index contributed by atoms with van der Waals surface area (Å²) in [6, 6.07) is 0. The molecule has 2 aliphatic carbocycles. The first-order chi connectivity index (χ1) is 8.48. The van der Waals surface area contributed by atoms with E-state index in [1.165, 1.54) is 18.4 Å². The smallest absolute Gasteiger partial charge is 0.334 e. The minimum atomic E-state index is -0.112. The van der Waals surface area contributed by atoms with E-state index in [1.54, 1.807) is 0 Å². The Morgan fingerprint density at radius 3 is 2.89 bits per heavy atom. The van der Waals surface area contributed by atoms with Crippen LogP contribution in [0.5, 0.6) is 0 Å². The van der Waals surface area contributed by atoms with Crippen LogP contribution in [0.4, 0.5) is 0 Å². The normalized spacial score (nSPS) is 53.5. The molecule has 2 saturated carbocycles. The van der Waals surface area contributed by atoms with E-state index in [-0.39, 0.29) is 23.1 Å². The molecule has 0 bridgehead atoms. The predicted molar refractivity (Wildman–Crippen MR) is 65.9 cm³/mol. The molecule has 3 heteroatoms. The van der Waals surface area contributed by atoms with E-state index in [4.69, 9.17) is 9.47 Å². The van der Waals surface area contributed by atoms with Crippen molar-refractivity contribution in [2.24, 2.45) is 11.3 Å². The van der Waals surface area contributed by atoms with Crippen LogP contribution in [0.15, 0.2) is 11.1 Å². The van der Waals surface area contributed by atoms with Crippen molar-refractivity contribution in [3.05, 3.63) is 11.1 Å². The van der Waals surface area contributed by atoms with Crippen molar-refractivity contribution in [2.75, 3.05) is 0 Å². The summed E-state index contributed by atoms with van der Waals surface area (Å²) in [5.74, 6) is 0.548. The molecule has 0 aromatic carbocycles. The zero-order valence-electron chi connectivity index (χ0n) is 11.3. The number of rotatable bonds is 0. The van der Waals surface area contributed by atoms with Crippen molar-refractivity contribution < 1.29 is 14.3 Å². The van der Waals surface area contributed by atoms with Gasteiger partial charge in [0.15, 0.2) is 0 Å². The number of epoxide rings is 1. The number of hydrogen-bond acceptors (Lipinski definition) is 3. The van der Waals surface area contributed by atoms with Gasteiger partial charge in [-0.05, 0) is 37.7 Å². The van der Waals surface area contributed by atoms with Crippen molar-refractivity contribution in [1.29, 1.82) is 0 Å². The largest absolute Gasteiger partial charge is 0.454 e. The van der Waals surface area contributed by atoms with Crippen molar-refractivity contribution in [3.63, 3.8) is 0 Å². The number of hydrogen-bond donors (Lipinski definition) is 0. The first kappa shape index (κ1) is 11.0. The lowest BCUT2D eigenvalue weighted by Crippen LogP contribution is -2.51. The van der Waals surface area contributed by atoms with E-state index in [0.29, 0.717) is 12.0 Å². The van der Waals surface area contributed by atoms with Gasteiger partial charge in [-0.3, -0.25) is 0 Å². The van der Waals surface area contributed by atoms with Crippen molar-refractivity contribution in [3.8, 4) is 0 Å². The highest BCUT2D eigenvalue weighted by Gasteiger charge is 2.73.